The third-order valence-electron chi connectivity index (χ3n) is 3.18. The fourth-order valence-electron chi connectivity index (χ4n) is 2.29. The highest BCUT2D eigenvalue weighted by atomic mass is 15.1. The van der Waals surface area contributed by atoms with E-state index < -0.39 is 0 Å². The topological polar surface area (TPSA) is 52.0 Å². The summed E-state index contributed by atoms with van der Waals surface area (Å²) >= 11 is 0. The van der Waals surface area contributed by atoms with Gasteiger partial charge in [0.05, 0.1) is 11.6 Å². The highest BCUT2D eigenvalue weighted by molar-refractivity contribution is 5.43. The number of nitriles is 1. The van der Waals surface area contributed by atoms with Gasteiger partial charge >= 0.3 is 0 Å². The molecule has 0 aliphatic heterocycles. The zero-order valence-electron chi connectivity index (χ0n) is 12.5. The Kier molecular flexibility index (Phi) is 5.30. The van der Waals surface area contributed by atoms with Crippen molar-refractivity contribution in [2.24, 2.45) is 0 Å². The molecular weight excluding hydrogens is 260 g/mol. The first-order valence-electron chi connectivity index (χ1n) is 7.08. The summed E-state index contributed by atoms with van der Waals surface area (Å²) in [6.07, 6.45) is 1.80. The molecule has 2 aromatic rings. The van der Waals surface area contributed by atoms with E-state index in [1.807, 2.05) is 30.3 Å². The van der Waals surface area contributed by atoms with E-state index in [0.717, 1.165) is 31.0 Å². The molecule has 0 radical (unpaired) electrons. The molecule has 1 aromatic heterocycles. The Morgan fingerprint density at radius 1 is 1.24 bits per heavy atom. The minimum Gasteiger partial charge on any atom is -0.370 e. The summed E-state index contributed by atoms with van der Waals surface area (Å²) in [6.45, 7) is 4.54. The first-order valence-corrected chi connectivity index (χ1v) is 7.08. The number of aromatic nitrogens is 1. The fraction of sp³-hybridized carbons (Fsp3) is 0.294. The Morgan fingerprint density at radius 3 is 2.86 bits per heavy atom. The molecule has 0 spiro atoms. The van der Waals surface area contributed by atoms with Crippen molar-refractivity contribution >= 4 is 5.82 Å². The Bertz CT molecular complexity index is 631. The zero-order chi connectivity index (χ0) is 15.1. The SMILES string of the molecule is CCNc1ncccc1CN(C)Cc1cccc(C#N)c1. The molecule has 0 bridgehead atoms. The summed E-state index contributed by atoms with van der Waals surface area (Å²) in [6, 6.07) is 14.0. The third-order valence-corrected chi connectivity index (χ3v) is 3.18. The number of nitrogens with one attached hydrogen (secondary N) is 1. The molecule has 0 aliphatic carbocycles. The standard InChI is InChI=1S/C17H20N4/c1-3-19-17-16(8-5-9-20-17)13-21(2)12-15-7-4-6-14(10-15)11-18/h4-10H,3,12-13H2,1-2H3,(H,19,20). The van der Waals surface area contributed by atoms with Crippen molar-refractivity contribution in [3.8, 4) is 6.07 Å². The molecule has 1 heterocycles. The third kappa shape index (κ3) is 4.30. The normalized spacial score (nSPS) is 10.4. The molecule has 21 heavy (non-hydrogen) atoms. The highest BCUT2D eigenvalue weighted by Gasteiger charge is 2.07. The molecule has 1 N–H and O–H groups in total. The largest absolute Gasteiger partial charge is 0.370 e. The van der Waals surface area contributed by atoms with Crippen molar-refractivity contribution in [1.82, 2.24) is 9.88 Å². The summed E-state index contributed by atoms with van der Waals surface area (Å²) in [5.74, 6) is 0.942. The lowest BCUT2D eigenvalue weighted by Gasteiger charge is -2.18. The van der Waals surface area contributed by atoms with E-state index >= 15 is 0 Å². The molecule has 1 aromatic carbocycles. The van der Waals surface area contributed by atoms with E-state index in [9.17, 15) is 0 Å². The van der Waals surface area contributed by atoms with E-state index in [2.05, 4.69) is 41.3 Å². The van der Waals surface area contributed by atoms with Gasteiger partial charge < -0.3 is 5.32 Å². The second-order valence-electron chi connectivity index (χ2n) is 5.03. The van der Waals surface area contributed by atoms with Crippen molar-refractivity contribution in [2.45, 2.75) is 20.0 Å². The van der Waals surface area contributed by atoms with Crippen molar-refractivity contribution < 1.29 is 0 Å². The van der Waals surface area contributed by atoms with Gasteiger partial charge in [-0.25, -0.2) is 4.98 Å². The van der Waals surface area contributed by atoms with E-state index in [4.69, 9.17) is 5.26 Å². The van der Waals surface area contributed by atoms with Crippen LogP contribution < -0.4 is 5.32 Å². The van der Waals surface area contributed by atoms with Crippen LogP contribution in [0.5, 0.6) is 0 Å². The van der Waals surface area contributed by atoms with Crippen LogP contribution in [0, 0.1) is 11.3 Å². The van der Waals surface area contributed by atoms with Crippen LogP contribution in [0.1, 0.15) is 23.6 Å². The van der Waals surface area contributed by atoms with Crippen LogP contribution in [-0.4, -0.2) is 23.5 Å². The lowest BCUT2D eigenvalue weighted by atomic mass is 10.1. The Labute approximate surface area is 126 Å². The summed E-state index contributed by atoms with van der Waals surface area (Å²) in [7, 11) is 2.07. The van der Waals surface area contributed by atoms with Gasteiger partial charge in [0.2, 0.25) is 0 Å². The van der Waals surface area contributed by atoms with Gasteiger partial charge in [-0.2, -0.15) is 5.26 Å². The summed E-state index contributed by atoms with van der Waals surface area (Å²) < 4.78 is 0. The van der Waals surface area contributed by atoms with Crippen LogP contribution in [-0.2, 0) is 13.1 Å². The number of benzene rings is 1. The van der Waals surface area contributed by atoms with Crippen molar-refractivity contribution in [1.29, 1.82) is 5.26 Å². The maximum atomic E-state index is 8.95. The molecular formula is C17H20N4. The number of nitrogens with zero attached hydrogens (tertiary/aromatic N) is 3. The predicted molar refractivity (Wildman–Crippen MR) is 84.7 cm³/mol. The number of rotatable bonds is 6. The van der Waals surface area contributed by atoms with Crippen molar-refractivity contribution in [3.63, 3.8) is 0 Å². The fourth-order valence-corrected chi connectivity index (χ4v) is 2.29. The van der Waals surface area contributed by atoms with Crippen LogP contribution in [0.25, 0.3) is 0 Å². The van der Waals surface area contributed by atoms with E-state index in [-0.39, 0.29) is 0 Å². The van der Waals surface area contributed by atoms with Crippen LogP contribution in [0.3, 0.4) is 0 Å². The summed E-state index contributed by atoms with van der Waals surface area (Å²) in [5, 5.41) is 12.2. The first kappa shape index (κ1) is 15.0. The molecule has 0 atom stereocenters. The monoisotopic (exact) mass is 280 g/mol. The lowest BCUT2D eigenvalue weighted by molar-refractivity contribution is 0.319. The Hall–Kier alpha value is -2.38. The zero-order valence-corrected chi connectivity index (χ0v) is 12.5. The van der Waals surface area contributed by atoms with Crippen LogP contribution in [0.2, 0.25) is 0 Å². The van der Waals surface area contributed by atoms with Gasteiger partial charge in [0.25, 0.3) is 0 Å². The summed E-state index contributed by atoms with van der Waals surface area (Å²) in [4.78, 5) is 6.59. The van der Waals surface area contributed by atoms with Gasteiger partial charge in [-0.1, -0.05) is 18.2 Å². The van der Waals surface area contributed by atoms with E-state index in [0.29, 0.717) is 5.56 Å². The maximum absolute atomic E-state index is 8.95. The van der Waals surface area contributed by atoms with Gasteiger partial charge in [-0.3, -0.25) is 4.90 Å². The quantitative estimate of drug-likeness (QED) is 0.883. The highest BCUT2D eigenvalue weighted by Crippen LogP contribution is 2.15. The van der Waals surface area contributed by atoms with E-state index in [1.54, 1.807) is 6.20 Å². The number of hydrogen-bond donors (Lipinski definition) is 1. The minimum atomic E-state index is 0.704. The minimum absolute atomic E-state index is 0.704. The summed E-state index contributed by atoms with van der Waals surface area (Å²) in [5.41, 5.74) is 3.03. The first-order chi connectivity index (χ1) is 10.2. The smallest absolute Gasteiger partial charge is 0.130 e. The molecule has 0 amide bonds. The Morgan fingerprint density at radius 2 is 2.10 bits per heavy atom. The molecule has 0 aliphatic rings. The van der Waals surface area contributed by atoms with Gasteiger partial charge in [-0.15, -0.1) is 0 Å². The molecule has 0 saturated carbocycles. The molecule has 0 fully saturated rings. The maximum Gasteiger partial charge on any atom is 0.130 e. The van der Waals surface area contributed by atoms with Crippen molar-refractivity contribution in [2.75, 3.05) is 18.9 Å². The second kappa shape index (κ2) is 7.41. The molecule has 4 heteroatoms. The van der Waals surface area contributed by atoms with Crippen molar-refractivity contribution in [3.05, 3.63) is 59.3 Å². The molecule has 0 saturated heterocycles. The van der Waals surface area contributed by atoms with Gasteiger partial charge in [0, 0.05) is 31.4 Å². The van der Waals surface area contributed by atoms with Gasteiger partial charge in [0.15, 0.2) is 0 Å². The average molecular weight is 280 g/mol. The predicted octanol–water partition coefficient (Wildman–Crippen LogP) is 3.02. The van der Waals surface area contributed by atoms with Gasteiger partial charge in [-0.05, 0) is 37.7 Å². The molecule has 2 rings (SSSR count). The molecule has 0 unspecified atom stereocenters. The molecule has 4 nitrogen and oxygen atoms in total. The second-order valence-corrected chi connectivity index (χ2v) is 5.03. The lowest BCUT2D eigenvalue weighted by Crippen LogP contribution is -2.18. The van der Waals surface area contributed by atoms with Crippen LogP contribution in [0.4, 0.5) is 5.82 Å². The number of anilines is 1. The molecule has 108 valence electrons. The Balaban J connectivity index is 2.04. The average Bonchev–Trinajstić information content (AvgIpc) is 2.49. The number of pyridine rings is 1. The van der Waals surface area contributed by atoms with Crippen LogP contribution in [0.15, 0.2) is 42.6 Å². The van der Waals surface area contributed by atoms with Crippen LogP contribution >= 0.6 is 0 Å². The number of hydrogen-bond acceptors (Lipinski definition) is 4. The van der Waals surface area contributed by atoms with Gasteiger partial charge in [0.1, 0.15) is 5.82 Å². The van der Waals surface area contributed by atoms with E-state index in [1.165, 1.54) is 5.56 Å².